The quantitative estimate of drug-likeness (QED) is 0.273. The van der Waals surface area contributed by atoms with E-state index < -0.39 is 11.9 Å². The summed E-state index contributed by atoms with van der Waals surface area (Å²) < 4.78 is 37.6. The molecule has 0 bridgehead atoms. The number of alkyl halides is 3. The zero-order valence-electron chi connectivity index (χ0n) is 15.8. The number of carbonyl (C=O) groups excluding carboxylic acids is 1. The molecule has 11 heteroatoms. The van der Waals surface area contributed by atoms with Gasteiger partial charge in [0.25, 0.3) is 0 Å². The molecule has 3 N–H and O–H groups in total. The van der Waals surface area contributed by atoms with E-state index in [9.17, 15) is 18.0 Å². The molecular weight excluding hydrogens is 518 g/mol. The summed E-state index contributed by atoms with van der Waals surface area (Å²) >= 11 is 0.966. The van der Waals surface area contributed by atoms with E-state index in [4.69, 9.17) is 0 Å². The van der Waals surface area contributed by atoms with Crippen LogP contribution < -0.4 is 16.0 Å². The average Bonchev–Trinajstić information content (AvgIpc) is 3.15. The van der Waals surface area contributed by atoms with Crippen molar-refractivity contribution in [1.82, 2.24) is 20.9 Å². The Morgan fingerprint density at radius 2 is 1.79 bits per heavy atom. The summed E-state index contributed by atoms with van der Waals surface area (Å²) in [6.07, 6.45) is -3.36. The molecule has 0 radical (unpaired) electrons. The van der Waals surface area contributed by atoms with Gasteiger partial charge < -0.3 is 16.0 Å². The fourth-order valence-corrected chi connectivity index (χ4v) is 3.09. The Bertz CT molecular complexity index is 783. The topological polar surface area (TPSA) is 78.4 Å². The third-order valence-electron chi connectivity index (χ3n) is 3.69. The minimum Gasteiger partial charge on any atom is -0.356 e. The van der Waals surface area contributed by atoms with Gasteiger partial charge in [-0.1, -0.05) is 30.3 Å². The average molecular weight is 541 g/mol. The Hall–Kier alpha value is -1.89. The third kappa shape index (κ3) is 9.43. The molecule has 2 rings (SSSR count). The first-order valence-electron chi connectivity index (χ1n) is 8.65. The van der Waals surface area contributed by atoms with Gasteiger partial charge in [0.05, 0.1) is 11.6 Å². The van der Waals surface area contributed by atoms with Crippen molar-refractivity contribution in [2.24, 2.45) is 4.99 Å². The van der Waals surface area contributed by atoms with Crippen LogP contribution in [0.4, 0.5) is 13.2 Å². The monoisotopic (exact) mass is 541 g/mol. The van der Waals surface area contributed by atoms with Gasteiger partial charge in [0.1, 0.15) is 0 Å². The zero-order chi connectivity index (χ0) is 20.4. The molecule has 2 aromatic rings. The van der Waals surface area contributed by atoms with E-state index in [1.165, 1.54) is 0 Å². The number of halogens is 4. The van der Waals surface area contributed by atoms with E-state index in [0.29, 0.717) is 30.5 Å². The minimum atomic E-state index is -4.42. The summed E-state index contributed by atoms with van der Waals surface area (Å²) in [5.41, 5.74) is 0.270. The highest BCUT2D eigenvalue weighted by Gasteiger charge is 2.33. The van der Waals surface area contributed by atoms with E-state index >= 15 is 0 Å². The standard InChI is InChI=1S/C18H22F3N5OS.HI/c1-22-17(24-10-8-16-26-14(12-28-16)18(19,20)21)25-11-15(27)23-9-7-13-5-3-2-4-6-13;/h2-6,12H,7-11H2,1H3,(H,23,27)(H2,22,24,25);1H. The van der Waals surface area contributed by atoms with E-state index in [1.807, 2.05) is 30.3 Å². The van der Waals surface area contributed by atoms with E-state index in [0.717, 1.165) is 28.7 Å². The predicted octanol–water partition coefficient (Wildman–Crippen LogP) is 2.85. The maximum Gasteiger partial charge on any atom is 0.434 e. The first kappa shape index (κ1) is 25.1. The number of nitrogens with zero attached hydrogens (tertiary/aromatic N) is 2. The Kier molecular flexibility index (Phi) is 10.9. The number of thiazole rings is 1. The number of nitrogens with one attached hydrogen (secondary N) is 3. The molecule has 0 aliphatic heterocycles. The number of hydrogen-bond donors (Lipinski definition) is 3. The summed E-state index contributed by atoms with van der Waals surface area (Å²) in [5, 5.41) is 10.0. The second-order valence-electron chi connectivity index (χ2n) is 5.81. The van der Waals surface area contributed by atoms with Crippen molar-refractivity contribution in [2.75, 3.05) is 26.7 Å². The second kappa shape index (κ2) is 12.6. The van der Waals surface area contributed by atoms with Gasteiger partial charge in [0.15, 0.2) is 11.7 Å². The number of guanidine groups is 1. The van der Waals surface area contributed by atoms with Crippen molar-refractivity contribution in [3.63, 3.8) is 0 Å². The first-order valence-corrected chi connectivity index (χ1v) is 9.53. The summed E-state index contributed by atoms with van der Waals surface area (Å²) in [7, 11) is 1.55. The summed E-state index contributed by atoms with van der Waals surface area (Å²) in [4.78, 5) is 19.4. The number of rotatable bonds is 8. The Morgan fingerprint density at radius 1 is 1.10 bits per heavy atom. The highest BCUT2D eigenvalue weighted by Crippen LogP contribution is 2.29. The molecular formula is C18H23F3IN5OS. The SMILES string of the molecule is CN=C(NCCc1nc(C(F)(F)F)cs1)NCC(=O)NCCc1ccccc1.I. The Balaban J connectivity index is 0.00000420. The molecule has 1 amide bonds. The molecule has 1 aromatic heterocycles. The van der Waals surface area contributed by atoms with E-state index in [-0.39, 0.29) is 36.4 Å². The smallest absolute Gasteiger partial charge is 0.356 e. The van der Waals surface area contributed by atoms with Crippen molar-refractivity contribution in [3.8, 4) is 0 Å². The number of benzene rings is 1. The lowest BCUT2D eigenvalue weighted by Gasteiger charge is -2.11. The fourth-order valence-electron chi connectivity index (χ4n) is 2.28. The highest BCUT2D eigenvalue weighted by molar-refractivity contribution is 14.0. The summed E-state index contributed by atoms with van der Waals surface area (Å²) in [6.45, 7) is 0.923. The molecule has 0 saturated heterocycles. The van der Waals surface area contributed by atoms with Crippen LogP contribution in [0.1, 0.15) is 16.3 Å². The molecule has 0 fully saturated rings. The number of aromatic nitrogens is 1. The Morgan fingerprint density at radius 3 is 2.41 bits per heavy atom. The first-order chi connectivity index (χ1) is 13.4. The lowest BCUT2D eigenvalue weighted by atomic mass is 10.1. The molecule has 0 aliphatic carbocycles. The van der Waals surface area contributed by atoms with E-state index in [2.05, 4.69) is 25.9 Å². The van der Waals surface area contributed by atoms with Gasteiger partial charge in [-0.2, -0.15) is 13.2 Å². The number of hydrogen-bond acceptors (Lipinski definition) is 4. The van der Waals surface area contributed by atoms with Gasteiger partial charge in [-0.25, -0.2) is 4.98 Å². The molecule has 1 aromatic carbocycles. The van der Waals surface area contributed by atoms with Crippen molar-refractivity contribution in [3.05, 3.63) is 52.0 Å². The van der Waals surface area contributed by atoms with Gasteiger partial charge in [0.2, 0.25) is 5.91 Å². The molecule has 29 heavy (non-hydrogen) atoms. The fraction of sp³-hybridized carbons (Fsp3) is 0.389. The summed E-state index contributed by atoms with van der Waals surface area (Å²) in [6, 6.07) is 9.83. The molecule has 6 nitrogen and oxygen atoms in total. The van der Waals surface area contributed by atoms with Crippen LogP contribution in [-0.2, 0) is 23.8 Å². The van der Waals surface area contributed by atoms with Crippen LogP contribution in [0.25, 0.3) is 0 Å². The van der Waals surface area contributed by atoms with Crippen LogP contribution in [0, 0.1) is 0 Å². The highest BCUT2D eigenvalue weighted by atomic mass is 127. The van der Waals surface area contributed by atoms with Gasteiger partial charge in [0, 0.05) is 31.9 Å². The van der Waals surface area contributed by atoms with Crippen LogP contribution in [0.2, 0.25) is 0 Å². The van der Waals surface area contributed by atoms with Gasteiger partial charge >= 0.3 is 6.18 Å². The number of aliphatic imine (C=N–C) groups is 1. The van der Waals surface area contributed by atoms with Gasteiger partial charge in [-0.05, 0) is 12.0 Å². The van der Waals surface area contributed by atoms with Gasteiger partial charge in [-0.15, -0.1) is 35.3 Å². The second-order valence-corrected chi connectivity index (χ2v) is 6.75. The normalized spacial score (nSPS) is 11.5. The Labute approximate surface area is 188 Å². The molecule has 1 heterocycles. The third-order valence-corrected chi connectivity index (χ3v) is 4.60. The number of amides is 1. The van der Waals surface area contributed by atoms with Crippen molar-refractivity contribution in [2.45, 2.75) is 19.0 Å². The number of carbonyl (C=O) groups is 1. The molecule has 0 aliphatic rings. The minimum absolute atomic E-state index is 0. The van der Waals surface area contributed by atoms with Crippen molar-refractivity contribution >= 4 is 47.2 Å². The van der Waals surface area contributed by atoms with E-state index in [1.54, 1.807) is 7.05 Å². The van der Waals surface area contributed by atoms with Crippen molar-refractivity contribution < 1.29 is 18.0 Å². The lowest BCUT2D eigenvalue weighted by molar-refractivity contribution is -0.140. The van der Waals surface area contributed by atoms with Crippen molar-refractivity contribution in [1.29, 1.82) is 0 Å². The zero-order valence-corrected chi connectivity index (χ0v) is 18.9. The predicted molar refractivity (Wildman–Crippen MR) is 119 cm³/mol. The van der Waals surface area contributed by atoms with Gasteiger partial charge in [-0.3, -0.25) is 9.79 Å². The van der Waals surface area contributed by atoms with Crippen LogP contribution in [0.15, 0.2) is 40.7 Å². The molecule has 0 atom stereocenters. The molecule has 0 spiro atoms. The van der Waals surface area contributed by atoms with Crippen LogP contribution in [0.5, 0.6) is 0 Å². The van der Waals surface area contributed by atoms with Crippen LogP contribution in [0.3, 0.4) is 0 Å². The maximum absolute atomic E-state index is 12.5. The molecule has 0 saturated carbocycles. The van der Waals surface area contributed by atoms with Crippen LogP contribution >= 0.6 is 35.3 Å². The largest absolute Gasteiger partial charge is 0.434 e. The lowest BCUT2D eigenvalue weighted by Crippen LogP contribution is -2.44. The molecule has 0 unspecified atom stereocenters. The van der Waals surface area contributed by atoms with Crippen LogP contribution in [-0.4, -0.2) is 43.5 Å². The summed E-state index contributed by atoms with van der Waals surface area (Å²) in [5.74, 6) is 0.222. The maximum atomic E-state index is 12.5. The molecule has 160 valence electrons.